The summed E-state index contributed by atoms with van der Waals surface area (Å²) in [4.78, 5) is 12.0. The molecular formula is C15H19ClFNO. The fraction of sp³-hybridized carbons (Fsp3) is 0.533. The molecule has 1 N–H and O–H groups in total. The molecule has 0 radical (unpaired) electrons. The van der Waals surface area contributed by atoms with Crippen LogP contribution < -0.4 is 5.32 Å². The van der Waals surface area contributed by atoms with Crippen molar-refractivity contribution in [1.82, 2.24) is 5.32 Å². The van der Waals surface area contributed by atoms with E-state index in [1.165, 1.54) is 6.07 Å². The molecule has 4 heteroatoms. The molecule has 0 heterocycles. The van der Waals surface area contributed by atoms with Crippen LogP contribution in [-0.2, 0) is 0 Å². The molecule has 0 aliphatic heterocycles. The van der Waals surface area contributed by atoms with E-state index in [0.717, 1.165) is 25.7 Å². The minimum absolute atomic E-state index is 0.123. The maximum Gasteiger partial charge on any atom is 0.254 e. The van der Waals surface area contributed by atoms with Crippen LogP contribution in [0.2, 0.25) is 0 Å². The third-order valence-corrected chi connectivity index (χ3v) is 4.10. The first-order chi connectivity index (χ1) is 9.08. The highest BCUT2D eigenvalue weighted by Gasteiger charge is 2.21. The van der Waals surface area contributed by atoms with E-state index in [-0.39, 0.29) is 16.8 Å². The van der Waals surface area contributed by atoms with Gasteiger partial charge in [-0.05, 0) is 43.7 Å². The van der Waals surface area contributed by atoms with E-state index in [1.807, 2.05) is 0 Å². The highest BCUT2D eigenvalue weighted by Crippen LogP contribution is 2.27. The molecule has 2 nitrogen and oxygen atoms in total. The van der Waals surface area contributed by atoms with E-state index in [2.05, 4.69) is 5.32 Å². The Balaban J connectivity index is 1.92. The van der Waals surface area contributed by atoms with Crippen molar-refractivity contribution in [2.45, 2.75) is 38.0 Å². The summed E-state index contributed by atoms with van der Waals surface area (Å²) in [7, 11) is 0. The second kappa shape index (κ2) is 6.38. The molecule has 0 spiro atoms. The van der Waals surface area contributed by atoms with Crippen LogP contribution in [0.15, 0.2) is 18.2 Å². The zero-order valence-corrected chi connectivity index (χ0v) is 11.8. The second-order valence-corrected chi connectivity index (χ2v) is 5.89. The molecule has 1 fully saturated rings. The Morgan fingerprint density at radius 3 is 3.00 bits per heavy atom. The predicted octanol–water partition coefficient (Wildman–Crippen LogP) is 3.66. The predicted molar refractivity (Wildman–Crippen MR) is 75.1 cm³/mol. The quantitative estimate of drug-likeness (QED) is 0.843. The third kappa shape index (κ3) is 3.69. The van der Waals surface area contributed by atoms with Gasteiger partial charge in [-0.25, -0.2) is 4.39 Å². The first-order valence-corrected chi connectivity index (χ1v) is 7.19. The SMILES string of the molecule is Cc1cccc(C(=O)NCC2CCCC(Cl)C2)c1F. The third-order valence-electron chi connectivity index (χ3n) is 3.71. The summed E-state index contributed by atoms with van der Waals surface area (Å²) in [6, 6.07) is 4.87. The van der Waals surface area contributed by atoms with Gasteiger partial charge in [0.05, 0.1) is 5.56 Å². The minimum Gasteiger partial charge on any atom is -0.352 e. The number of alkyl halides is 1. The van der Waals surface area contributed by atoms with E-state index < -0.39 is 5.82 Å². The first kappa shape index (κ1) is 14.3. The zero-order valence-electron chi connectivity index (χ0n) is 11.1. The minimum atomic E-state index is -0.432. The molecule has 104 valence electrons. The van der Waals surface area contributed by atoms with Crippen molar-refractivity contribution >= 4 is 17.5 Å². The number of amides is 1. The molecule has 0 bridgehead atoms. The van der Waals surface area contributed by atoms with Gasteiger partial charge < -0.3 is 5.32 Å². The zero-order chi connectivity index (χ0) is 13.8. The van der Waals surface area contributed by atoms with Gasteiger partial charge in [0, 0.05) is 11.9 Å². The number of hydrogen-bond donors (Lipinski definition) is 1. The number of carbonyl (C=O) groups is 1. The van der Waals surface area contributed by atoms with E-state index in [0.29, 0.717) is 18.0 Å². The summed E-state index contributed by atoms with van der Waals surface area (Å²) in [5.74, 6) is -0.357. The number of aryl methyl sites for hydroxylation is 1. The average molecular weight is 284 g/mol. The Morgan fingerprint density at radius 1 is 1.47 bits per heavy atom. The number of rotatable bonds is 3. The summed E-state index contributed by atoms with van der Waals surface area (Å²) in [5.41, 5.74) is 0.615. The Bertz CT molecular complexity index is 463. The Morgan fingerprint density at radius 2 is 2.26 bits per heavy atom. The van der Waals surface area contributed by atoms with E-state index in [1.54, 1.807) is 19.1 Å². The first-order valence-electron chi connectivity index (χ1n) is 6.75. The fourth-order valence-corrected chi connectivity index (χ4v) is 2.97. The van der Waals surface area contributed by atoms with Crippen molar-refractivity contribution in [3.8, 4) is 0 Å². The van der Waals surface area contributed by atoms with Crippen LogP contribution in [0.5, 0.6) is 0 Å². The smallest absolute Gasteiger partial charge is 0.254 e. The van der Waals surface area contributed by atoms with Gasteiger partial charge in [0.15, 0.2) is 0 Å². The van der Waals surface area contributed by atoms with Gasteiger partial charge in [-0.2, -0.15) is 0 Å². The summed E-state index contributed by atoms with van der Waals surface area (Å²) in [6.45, 7) is 2.24. The molecule has 0 saturated heterocycles. The van der Waals surface area contributed by atoms with Crippen molar-refractivity contribution in [3.63, 3.8) is 0 Å². The molecule has 0 aromatic heterocycles. The standard InChI is InChI=1S/C15H19ClFNO/c1-10-4-2-7-13(14(10)17)15(19)18-9-11-5-3-6-12(16)8-11/h2,4,7,11-12H,3,5-6,8-9H2,1H3,(H,18,19). The number of nitrogens with one attached hydrogen (secondary N) is 1. The molecule has 1 aromatic carbocycles. The largest absolute Gasteiger partial charge is 0.352 e. The highest BCUT2D eigenvalue weighted by molar-refractivity contribution is 6.20. The Hall–Kier alpha value is -1.09. The van der Waals surface area contributed by atoms with E-state index in [9.17, 15) is 9.18 Å². The van der Waals surface area contributed by atoms with Gasteiger partial charge in [0.1, 0.15) is 5.82 Å². The average Bonchev–Trinajstić information content (AvgIpc) is 2.39. The molecule has 2 rings (SSSR count). The lowest BCUT2D eigenvalue weighted by atomic mass is 9.89. The van der Waals surface area contributed by atoms with Gasteiger partial charge in [0.25, 0.3) is 5.91 Å². The summed E-state index contributed by atoms with van der Waals surface area (Å²) >= 11 is 6.12. The van der Waals surface area contributed by atoms with Gasteiger partial charge in [0.2, 0.25) is 0 Å². The second-order valence-electron chi connectivity index (χ2n) is 5.28. The van der Waals surface area contributed by atoms with Crippen LogP contribution in [0.25, 0.3) is 0 Å². The molecule has 1 aliphatic rings. The highest BCUT2D eigenvalue weighted by atomic mass is 35.5. The summed E-state index contributed by atoms with van der Waals surface area (Å²) < 4.78 is 13.8. The van der Waals surface area contributed by atoms with Gasteiger partial charge >= 0.3 is 0 Å². The van der Waals surface area contributed by atoms with Crippen LogP contribution >= 0.6 is 11.6 Å². The van der Waals surface area contributed by atoms with Crippen LogP contribution in [0.3, 0.4) is 0 Å². The molecule has 1 amide bonds. The Labute approximate surface area is 118 Å². The van der Waals surface area contributed by atoms with Gasteiger partial charge in [-0.3, -0.25) is 4.79 Å². The van der Waals surface area contributed by atoms with E-state index in [4.69, 9.17) is 11.6 Å². The molecule has 1 aromatic rings. The monoisotopic (exact) mass is 283 g/mol. The van der Waals surface area contributed by atoms with Crippen molar-refractivity contribution in [3.05, 3.63) is 35.1 Å². The number of benzene rings is 1. The Kier molecular flexibility index (Phi) is 4.81. The van der Waals surface area contributed by atoms with Crippen molar-refractivity contribution < 1.29 is 9.18 Å². The van der Waals surface area contributed by atoms with Crippen LogP contribution in [0, 0.1) is 18.7 Å². The van der Waals surface area contributed by atoms with Crippen LogP contribution in [0.4, 0.5) is 4.39 Å². The van der Waals surface area contributed by atoms with Gasteiger partial charge in [-0.1, -0.05) is 18.6 Å². The molecular weight excluding hydrogens is 265 g/mol. The molecule has 2 unspecified atom stereocenters. The summed E-state index contributed by atoms with van der Waals surface area (Å²) in [5, 5.41) is 3.03. The normalized spacial score (nSPS) is 23.1. The number of carbonyl (C=O) groups excluding carboxylic acids is 1. The van der Waals surface area contributed by atoms with Crippen LogP contribution in [-0.4, -0.2) is 17.8 Å². The van der Waals surface area contributed by atoms with E-state index >= 15 is 0 Å². The molecule has 1 saturated carbocycles. The van der Waals surface area contributed by atoms with Gasteiger partial charge in [-0.15, -0.1) is 11.6 Å². The molecule has 1 aliphatic carbocycles. The lowest BCUT2D eigenvalue weighted by Gasteiger charge is -2.25. The lowest BCUT2D eigenvalue weighted by molar-refractivity contribution is 0.0939. The lowest BCUT2D eigenvalue weighted by Crippen LogP contribution is -2.32. The molecule has 2 atom stereocenters. The number of hydrogen-bond acceptors (Lipinski definition) is 1. The summed E-state index contributed by atoms with van der Waals surface area (Å²) in [6.07, 6.45) is 4.17. The topological polar surface area (TPSA) is 29.1 Å². The maximum absolute atomic E-state index is 13.8. The molecule has 19 heavy (non-hydrogen) atoms. The number of halogens is 2. The van der Waals surface area contributed by atoms with Crippen LogP contribution in [0.1, 0.15) is 41.6 Å². The van der Waals surface area contributed by atoms with Crippen molar-refractivity contribution in [2.75, 3.05) is 6.54 Å². The van der Waals surface area contributed by atoms with Crippen molar-refractivity contribution in [1.29, 1.82) is 0 Å². The maximum atomic E-state index is 13.8. The fourth-order valence-electron chi connectivity index (χ4n) is 2.57. The van der Waals surface area contributed by atoms with Crippen molar-refractivity contribution in [2.24, 2.45) is 5.92 Å².